The quantitative estimate of drug-likeness (QED) is 0.690. The Morgan fingerprint density at radius 1 is 1.64 bits per heavy atom. The van der Waals surface area contributed by atoms with Gasteiger partial charge in [-0.1, -0.05) is 11.6 Å². The molecule has 2 nitrogen and oxygen atoms in total. The van der Waals surface area contributed by atoms with E-state index in [1.54, 1.807) is 0 Å². The van der Waals surface area contributed by atoms with Crippen molar-refractivity contribution in [2.24, 2.45) is 0 Å². The smallest absolute Gasteiger partial charge is 0.250 e. The van der Waals surface area contributed by atoms with Crippen LogP contribution in [0.25, 0.3) is 0 Å². The highest BCUT2D eigenvalue weighted by molar-refractivity contribution is 6.30. The lowest BCUT2D eigenvalue weighted by atomic mass is 10.5. The van der Waals surface area contributed by atoms with Crippen molar-refractivity contribution in [2.45, 2.75) is 0 Å². The fourth-order valence-electron chi connectivity index (χ4n) is 0.552. The SMILES string of the molecule is COc1ncc(Cl)cc1F.Cl. The van der Waals surface area contributed by atoms with Crippen LogP contribution in [0, 0.1) is 5.82 Å². The zero-order chi connectivity index (χ0) is 7.56. The molecular formula is C6H6Cl2FNO. The fourth-order valence-corrected chi connectivity index (χ4v) is 0.697. The first-order chi connectivity index (χ1) is 4.74. The number of rotatable bonds is 1. The van der Waals surface area contributed by atoms with Gasteiger partial charge in [-0.2, -0.15) is 0 Å². The Bertz CT molecular complexity index is 244. The molecule has 0 aliphatic heterocycles. The first-order valence-electron chi connectivity index (χ1n) is 2.59. The molecule has 0 aromatic carbocycles. The van der Waals surface area contributed by atoms with Gasteiger partial charge in [0.25, 0.3) is 0 Å². The largest absolute Gasteiger partial charge is 0.479 e. The molecule has 0 bridgehead atoms. The van der Waals surface area contributed by atoms with Gasteiger partial charge in [-0.25, -0.2) is 9.37 Å². The van der Waals surface area contributed by atoms with Gasteiger partial charge in [0.1, 0.15) is 0 Å². The van der Waals surface area contributed by atoms with Crippen LogP contribution in [0.5, 0.6) is 5.88 Å². The summed E-state index contributed by atoms with van der Waals surface area (Å²) < 4.78 is 17.1. The molecule has 11 heavy (non-hydrogen) atoms. The maximum absolute atomic E-state index is 12.6. The van der Waals surface area contributed by atoms with Crippen molar-refractivity contribution in [3.63, 3.8) is 0 Å². The highest BCUT2D eigenvalue weighted by Gasteiger charge is 2.02. The number of nitrogens with zero attached hydrogens (tertiary/aromatic N) is 1. The lowest BCUT2D eigenvalue weighted by Crippen LogP contribution is -1.90. The summed E-state index contributed by atoms with van der Waals surface area (Å²) >= 11 is 5.42. The molecule has 0 spiro atoms. The van der Waals surface area contributed by atoms with E-state index in [1.165, 1.54) is 13.3 Å². The Hall–Kier alpha value is -0.540. The summed E-state index contributed by atoms with van der Waals surface area (Å²) in [5.41, 5.74) is 0. The van der Waals surface area contributed by atoms with Crippen LogP contribution in [0.1, 0.15) is 0 Å². The van der Waals surface area contributed by atoms with Crippen molar-refractivity contribution in [1.82, 2.24) is 4.98 Å². The van der Waals surface area contributed by atoms with Gasteiger partial charge in [-0.15, -0.1) is 12.4 Å². The minimum atomic E-state index is -0.546. The van der Waals surface area contributed by atoms with E-state index in [4.69, 9.17) is 11.6 Å². The lowest BCUT2D eigenvalue weighted by molar-refractivity contribution is 0.369. The second-order valence-electron chi connectivity index (χ2n) is 1.64. The summed E-state index contributed by atoms with van der Waals surface area (Å²) in [6.45, 7) is 0. The van der Waals surface area contributed by atoms with Crippen molar-refractivity contribution >= 4 is 24.0 Å². The van der Waals surface area contributed by atoms with Crippen molar-refractivity contribution < 1.29 is 9.13 Å². The molecule has 1 aromatic rings. The second-order valence-corrected chi connectivity index (χ2v) is 2.08. The summed E-state index contributed by atoms with van der Waals surface area (Å²) in [5.74, 6) is -0.584. The maximum Gasteiger partial charge on any atom is 0.250 e. The van der Waals surface area contributed by atoms with Crippen molar-refractivity contribution in [3.05, 3.63) is 23.1 Å². The topological polar surface area (TPSA) is 22.1 Å². The van der Waals surface area contributed by atoms with Crippen molar-refractivity contribution in [1.29, 1.82) is 0 Å². The average molecular weight is 198 g/mol. The molecule has 0 saturated heterocycles. The molecule has 0 aliphatic rings. The van der Waals surface area contributed by atoms with Crippen LogP contribution >= 0.6 is 24.0 Å². The Morgan fingerprint density at radius 2 is 2.27 bits per heavy atom. The van der Waals surface area contributed by atoms with Crippen LogP contribution in [-0.4, -0.2) is 12.1 Å². The van der Waals surface area contributed by atoms with Gasteiger partial charge in [0.15, 0.2) is 5.82 Å². The highest BCUT2D eigenvalue weighted by atomic mass is 35.5. The van der Waals surface area contributed by atoms with E-state index in [0.29, 0.717) is 0 Å². The van der Waals surface area contributed by atoms with Gasteiger partial charge in [-0.05, 0) is 6.07 Å². The molecule has 0 atom stereocenters. The number of pyridine rings is 1. The molecule has 1 aromatic heterocycles. The Labute approximate surface area is 74.8 Å². The Morgan fingerprint density at radius 3 is 2.73 bits per heavy atom. The molecule has 0 unspecified atom stereocenters. The van der Waals surface area contributed by atoms with Gasteiger partial charge in [0.2, 0.25) is 5.88 Å². The molecule has 0 aliphatic carbocycles. The molecule has 1 rings (SSSR count). The summed E-state index contributed by atoms with van der Waals surface area (Å²) in [6, 6.07) is 1.15. The monoisotopic (exact) mass is 197 g/mol. The minimum Gasteiger partial charge on any atom is -0.479 e. The second kappa shape index (κ2) is 4.36. The molecule has 0 fully saturated rings. The number of ether oxygens (including phenoxy) is 1. The number of methoxy groups -OCH3 is 1. The highest BCUT2D eigenvalue weighted by Crippen LogP contribution is 2.16. The molecule has 1 heterocycles. The zero-order valence-electron chi connectivity index (χ0n) is 5.67. The van der Waals surface area contributed by atoms with Gasteiger partial charge < -0.3 is 4.74 Å². The van der Waals surface area contributed by atoms with Crippen LogP contribution in [-0.2, 0) is 0 Å². The minimum absolute atomic E-state index is 0. The zero-order valence-corrected chi connectivity index (χ0v) is 7.25. The van der Waals surface area contributed by atoms with E-state index in [-0.39, 0.29) is 23.3 Å². The number of aromatic nitrogens is 1. The standard InChI is InChI=1S/C6H5ClFNO.ClH/c1-10-6-5(8)2-4(7)3-9-6;/h2-3H,1H3;1H. The third-order valence-corrected chi connectivity index (χ3v) is 1.17. The molecule has 62 valence electrons. The number of hydrogen-bond donors (Lipinski definition) is 0. The van der Waals surface area contributed by atoms with Gasteiger partial charge >= 0.3 is 0 Å². The predicted molar refractivity (Wildman–Crippen MR) is 43.0 cm³/mol. The van der Waals surface area contributed by atoms with Crippen LogP contribution in [0.15, 0.2) is 12.3 Å². The van der Waals surface area contributed by atoms with Gasteiger partial charge in [-0.3, -0.25) is 0 Å². The van der Waals surface area contributed by atoms with Crippen LogP contribution < -0.4 is 4.74 Å². The first kappa shape index (κ1) is 10.5. The summed E-state index contributed by atoms with van der Waals surface area (Å²) in [7, 11) is 1.35. The summed E-state index contributed by atoms with van der Waals surface area (Å²) in [5, 5.41) is 0.262. The summed E-state index contributed by atoms with van der Waals surface area (Å²) in [6.07, 6.45) is 1.32. The van der Waals surface area contributed by atoms with E-state index < -0.39 is 5.82 Å². The first-order valence-corrected chi connectivity index (χ1v) is 2.97. The van der Waals surface area contributed by atoms with E-state index in [2.05, 4.69) is 9.72 Å². The van der Waals surface area contributed by atoms with Gasteiger partial charge in [0.05, 0.1) is 12.1 Å². The van der Waals surface area contributed by atoms with Crippen molar-refractivity contribution in [3.8, 4) is 5.88 Å². The molecule has 0 saturated carbocycles. The Kier molecular flexibility index (Phi) is 4.15. The van der Waals surface area contributed by atoms with Crippen LogP contribution in [0.2, 0.25) is 5.02 Å². The molecule has 5 heteroatoms. The molecule has 0 amide bonds. The lowest BCUT2D eigenvalue weighted by Gasteiger charge is -1.98. The average Bonchev–Trinajstić information content (AvgIpc) is 1.88. The number of halogens is 3. The molecule has 0 N–H and O–H groups in total. The maximum atomic E-state index is 12.6. The molecule has 0 radical (unpaired) electrons. The normalized spacial score (nSPS) is 8.64. The third-order valence-electron chi connectivity index (χ3n) is 0.967. The predicted octanol–water partition coefficient (Wildman–Crippen LogP) is 2.30. The fraction of sp³-hybridized carbons (Fsp3) is 0.167. The van der Waals surface area contributed by atoms with E-state index in [9.17, 15) is 4.39 Å². The summed E-state index contributed by atoms with van der Waals surface area (Å²) in [4.78, 5) is 3.57. The van der Waals surface area contributed by atoms with Crippen molar-refractivity contribution in [2.75, 3.05) is 7.11 Å². The van der Waals surface area contributed by atoms with Gasteiger partial charge in [0, 0.05) is 6.20 Å². The van der Waals surface area contributed by atoms with Crippen LogP contribution in [0.3, 0.4) is 0 Å². The van der Waals surface area contributed by atoms with E-state index in [0.717, 1.165) is 6.07 Å². The Balaban J connectivity index is 0.000001000. The molecular weight excluding hydrogens is 192 g/mol. The third kappa shape index (κ3) is 2.52. The van der Waals surface area contributed by atoms with E-state index in [1.807, 2.05) is 0 Å². The van der Waals surface area contributed by atoms with Crippen LogP contribution in [0.4, 0.5) is 4.39 Å². The number of hydrogen-bond acceptors (Lipinski definition) is 2. The van der Waals surface area contributed by atoms with E-state index >= 15 is 0 Å².